The SMILES string of the molecule is Brc1cnc2nc(-c3cccc4c3OCCO4)[nH]c2c1. The summed E-state index contributed by atoms with van der Waals surface area (Å²) in [7, 11) is 0. The number of para-hydroxylation sites is 1. The number of H-pyrrole nitrogens is 1. The number of hydrogen-bond donors (Lipinski definition) is 1. The summed E-state index contributed by atoms with van der Waals surface area (Å²) in [4.78, 5) is 12.1. The van der Waals surface area contributed by atoms with Crippen molar-refractivity contribution in [3.63, 3.8) is 0 Å². The number of nitrogens with one attached hydrogen (secondary N) is 1. The van der Waals surface area contributed by atoms with E-state index in [4.69, 9.17) is 9.47 Å². The summed E-state index contributed by atoms with van der Waals surface area (Å²) in [5, 5.41) is 0. The number of nitrogens with zero attached hydrogens (tertiary/aromatic N) is 2. The number of benzene rings is 1. The molecule has 1 aliphatic heterocycles. The molecule has 4 rings (SSSR count). The van der Waals surface area contributed by atoms with Gasteiger partial charge in [-0.1, -0.05) is 6.07 Å². The predicted octanol–water partition coefficient (Wildman–Crippen LogP) is 3.16. The van der Waals surface area contributed by atoms with Crippen LogP contribution in [-0.2, 0) is 0 Å². The number of aromatic nitrogens is 3. The largest absolute Gasteiger partial charge is 0.486 e. The van der Waals surface area contributed by atoms with Crippen molar-refractivity contribution in [1.82, 2.24) is 15.0 Å². The highest BCUT2D eigenvalue weighted by Gasteiger charge is 2.19. The number of hydrogen-bond acceptors (Lipinski definition) is 4. The van der Waals surface area contributed by atoms with Crippen molar-refractivity contribution in [2.75, 3.05) is 13.2 Å². The Morgan fingerprint density at radius 2 is 2.10 bits per heavy atom. The highest BCUT2D eigenvalue weighted by molar-refractivity contribution is 9.10. The van der Waals surface area contributed by atoms with Crippen LogP contribution >= 0.6 is 15.9 Å². The zero-order chi connectivity index (χ0) is 13.5. The Balaban J connectivity index is 1.90. The van der Waals surface area contributed by atoms with Crippen molar-refractivity contribution in [2.45, 2.75) is 0 Å². The molecule has 0 spiro atoms. The standard InChI is InChI=1S/C14H10BrN3O2/c15-8-6-10-14(16-7-8)18-13(17-10)9-2-1-3-11-12(9)20-5-4-19-11/h1-3,6-7H,4-5H2,(H,16,17,18). The number of aromatic amines is 1. The van der Waals surface area contributed by atoms with Crippen molar-refractivity contribution in [3.8, 4) is 22.9 Å². The summed E-state index contributed by atoms with van der Waals surface area (Å²) in [6.45, 7) is 1.12. The molecule has 1 N–H and O–H groups in total. The molecule has 0 fully saturated rings. The molecule has 0 bridgehead atoms. The van der Waals surface area contributed by atoms with Crippen LogP contribution in [0.15, 0.2) is 34.9 Å². The lowest BCUT2D eigenvalue weighted by Crippen LogP contribution is -2.15. The van der Waals surface area contributed by atoms with E-state index >= 15 is 0 Å². The number of pyridine rings is 1. The molecule has 5 nitrogen and oxygen atoms in total. The van der Waals surface area contributed by atoms with E-state index in [1.54, 1.807) is 6.20 Å². The third kappa shape index (κ3) is 1.84. The van der Waals surface area contributed by atoms with Crippen LogP contribution in [0.5, 0.6) is 11.5 Å². The van der Waals surface area contributed by atoms with Gasteiger partial charge >= 0.3 is 0 Å². The highest BCUT2D eigenvalue weighted by atomic mass is 79.9. The zero-order valence-corrected chi connectivity index (χ0v) is 12.0. The van der Waals surface area contributed by atoms with E-state index in [0.717, 1.165) is 32.9 Å². The molecule has 20 heavy (non-hydrogen) atoms. The first-order valence-corrected chi connectivity index (χ1v) is 7.01. The minimum atomic E-state index is 0.550. The fourth-order valence-electron chi connectivity index (χ4n) is 2.26. The van der Waals surface area contributed by atoms with Crippen LogP contribution in [0.25, 0.3) is 22.6 Å². The fourth-order valence-corrected chi connectivity index (χ4v) is 2.59. The topological polar surface area (TPSA) is 60.0 Å². The Hall–Kier alpha value is -2.08. The van der Waals surface area contributed by atoms with Crippen LogP contribution < -0.4 is 9.47 Å². The van der Waals surface area contributed by atoms with E-state index < -0.39 is 0 Å². The number of ether oxygens (including phenoxy) is 2. The number of fused-ring (bicyclic) bond motifs is 2. The van der Waals surface area contributed by atoms with Gasteiger partial charge in [-0.05, 0) is 34.1 Å². The van der Waals surface area contributed by atoms with Crippen LogP contribution in [0, 0.1) is 0 Å². The Morgan fingerprint density at radius 3 is 3.05 bits per heavy atom. The maximum atomic E-state index is 5.71. The molecule has 6 heteroatoms. The lowest BCUT2D eigenvalue weighted by molar-refractivity contribution is 0.172. The summed E-state index contributed by atoms with van der Waals surface area (Å²) < 4.78 is 12.2. The second kappa shape index (κ2) is 4.49. The van der Waals surface area contributed by atoms with Gasteiger partial charge in [0.15, 0.2) is 17.1 Å². The van der Waals surface area contributed by atoms with Gasteiger partial charge in [0.25, 0.3) is 0 Å². The van der Waals surface area contributed by atoms with Gasteiger partial charge in [0.1, 0.15) is 19.0 Å². The highest BCUT2D eigenvalue weighted by Crippen LogP contribution is 2.39. The van der Waals surface area contributed by atoms with Crippen LogP contribution in [0.3, 0.4) is 0 Å². The molecule has 1 aliphatic rings. The van der Waals surface area contributed by atoms with E-state index in [0.29, 0.717) is 18.9 Å². The monoisotopic (exact) mass is 331 g/mol. The van der Waals surface area contributed by atoms with Gasteiger partial charge in [-0.25, -0.2) is 9.97 Å². The average molecular weight is 332 g/mol. The zero-order valence-electron chi connectivity index (χ0n) is 10.4. The van der Waals surface area contributed by atoms with Gasteiger partial charge in [0.2, 0.25) is 0 Å². The fraction of sp³-hybridized carbons (Fsp3) is 0.143. The maximum Gasteiger partial charge on any atom is 0.178 e. The Bertz CT molecular complexity index is 800. The van der Waals surface area contributed by atoms with E-state index in [1.165, 1.54) is 0 Å². The Morgan fingerprint density at radius 1 is 1.20 bits per heavy atom. The molecule has 0 saturated heterocycles. The maximum absolute atomic E-state index is 5.71. The first-order chi connectivity index (χ1) is 9.81. The Kier molecular flexibility index (Phi) is 2.63. The molecule has 1 aromatic carbocycles. The molecule has 0 aliphatic carbocycles. The lowest BCUT2D eigenvalue weighted by atomic mass is 10.1. The van der Waals surface area contributed by atoms with Crippen molar-refractivity contribution < 1.29 is 9.47 Å². The van der Waals surface area contributed by atoms with E-state index in [1.807, 2.05) is 24.3 Å². The molecule has 2 aromatic heterocycles. The molecule has 0 amide bonds. The molecule has 0 saturated carbocycles. The molecule has 3 aromatic rings. The molecule has 3 heterocycles. The number of imidazole rings is 1. The second-order valence-electron chi connectivity index (χ2n) is 4.44. The van der Waals surface area contributed by atoms with E-state index in [2.05, 4.69) is 30.9 Å². The quantitative estimate of drug-likeness (QED) is 0.744. The van der Waals surface area contributed by atoms with Crippen LogP contribution in [0.4, 0.5) is 0 Å². The van der Waals surface area contributed by atoms with Crippen molar-refractivity contribution in [1.29, 1.82) is 0 Å². The van der Waals surface area contributed by atoms with Gasteiger partial charge < -0.3 is 14.5 Å². The lowest BCUT2D eigenvalue weighted by Gasteiger charge is -2.20. The molecule has 0 radical (unpaired) electrons. The first kappa shape index (κ1) is 11.7. The first-order valence-electron chi connectivity index (χ1n) is 6.21. The minimum Gasteiger partial charge on any atom is -0.486 e. The smallest absolute Gasteiger partial charge is 0.178 e. The van der Waals surface area contributed by atoms with Crippen molar-refractivity contribution in [2.24, 2.45) is 0 Å². The van der Waals surface area contributed by atoms with Gasteiger partial charge in [0.05, 0.1) is 11.1 Å². The van der Waals surface area contributed by atoms with E-state index in [9.17, 15) is 0 Å². The summed E-state index contributed by atoms with van der Waals surface area (Å²) in [5.74, 6) is 2.22. The van der Waals surface area contributed by atoms with Crippen molar-refractivity contribution >= 4 is 27.1 Å². The summed E-state index contributed by atoms with van der Waals surface area (Å²) in [6, 6.07) is 7.74. The summed E-state index contributed by atoms with van der Waals surface area (Å²) >= 11 is 3.40. The van der Waals surface area contributed by atoms with Gasteiger partial charge in [-0.3, -0.25) is 0 Å². The van der Waals surface area contributed by atoms with Gasteiger partial charge in [-0.15, -0.1) is 0 Å². The van der Waals surface area contributed by atoms with Gasteiger partial charge in [0, 0.05) is 10.7 Å². The molecule has 100 valence electrons. The molecule has 0 unspecified atom stereocenters. The minimum absolute atomic E-state index is 0.550. The predicted molar refractivity (Wildman–Crippen MR) is 78.0 cm³/mol. The number of halogens is 1. The second-order valence-corrected chi connectivity index (χ2v) is 5.36. The third-order valence-electron chi connectivity index (χ3n) is 3.13. The summed E-state index contributed by atoms with van der Waals surface area (Å²) in [5.41, 5.74) is 2.44. The Labute approximate surface area is 123 Å². The summed E-state index contributed by atoms with van der Waals surface area (Å²) in [6.07, 6.45) is 1.73. The van der Waals surface area contributed by atoms with Crippen LogP contribution in [-0.4, -0.2) is 28.2 Å². The molecule has 0 atom stereocenters. The van der Waals surface area contributed by atoms with Crippen LogP contribution in [0.1, 0.15) is 0 Å². The van der Waals surface area contributed by atoms with E-state index in [-0.39, 0.29) is 0 Å². The normalized spacial score (nSPS) is 13.7. The average Bonchev–Trinajstić information content (AvgIpc) is 2.89. The van der Waals surface area contributed by atoms with Crippen LogP contribution in [0.2, 0.25) is 0 Å². The third-order valence-corrected chi connectivity index (χ3v) is 3.56. The molecular weight excluding hydrogens is 322 g/mol. The number of rotatable bonds is 1. The van der Waals surface area contributed by atoms with Gasteiger partial charge in [-0.2, -0.15) is 0 Å². The van der Waals surface area contributed by atoms with Crippen molar-refractivity contribution in [3.05, 3.63) is 34.9 Å². The molecular formula is C14H10BrN3O2.